The molecule has 0 bridgehead atoms. The fourth-order valence-electron chi connectivity index (χ4n) is 2.64. The maximum absolute atomic E-state index is 11.6. The first-order valence-corrected chi connectivity index (χ1v) is 5.30. The molecule has 83 valence electrons. The second-order valence-corrected chi connectivity index (χ2v) is 4.41. The van der Waals surface area contributed by atoms with Crippen molar-refractivity contribution in [2.75, 3.05) is 20.2 Å². The topological polar surface area (TPSA) is 64.1 Å². The number of hydrogen-bond acceptors (Lipinski definition) is 5. The zero-order chi connectivity index (χ0) is 11.2. The Morgan fingerprint density at radius 1 is 1.75 bits per heavy atom. The largest absolute Gasteiger partial charge is 0.465 e. The molecule has 1 saturated heterocycles. The van der Waals surface area contributed by atoms with Crippen LogP contribution in [0, 0.1) is 12.2 Å². The van der Waals surface area contributed by atoms with E-state index < -0.39 is 0 Å². The molecule has 2 unspecified atom stereocenters. The van der Waals surface area contributed by atoms with Gasteiger partial charge in [-0.3, -0.25) is 0 Å². The van der Waals surface area contributed by atoms with Crippen LogP contribution in [0.4, 0.5) is 0 Å². The highest BCUT2D eigenvalue weighted by Gasteiger charge is 2.60. The molecule has 1 aliphatic heterocycles. The minimum absolute atomic E-state index is 0.0307. The number of ether oxygens (including phenoxy) is 1. The van der Waals surface area contributed by atoms with Crippen LogP contribution in [0.3, 0.4) is 0 Å². The molecule has 1 radical (unpaired) electrons. The van der Waals surface area contributed by atoms with Crippen molar-refractivity contribution < 1.29 is 9.53 Å². The summed E-state index contributed by atoms with van der Waals surface area (Å²) in [6.07, 6.45) is 5.16. The van der Waals surface area contributed by atoms with E-state index in [-0.39, 0.29) is 11.4 Å². The van der Waals surface area contributed by atoms with Crippen molar-refractivity contribution in [3.63, 3.8) is 0 Å². The van der Waals surface area contributed by atoms with Crippen molar-refractivity contribution in [1.82, 2.24) is 15.3 Å². The van der Waals surface area contributed by atoms with E-state index in [9.17, 15) is 4.79 Å². The summed E-state index contributed by atoms with van der Waals surface area (Å²) < 4.78 is 4.75. The van der Waals surface area contributed by atoms with Gasteiger partial charge in [-0.1, -0.05) is 0 Å². The molecule has 5 heteroatoms. The smallest absolute Gasteiger partial charge is 0.341 e. The molecule has 2 heterocycles. The van der Waals surface area contributed by atoms with Crippen LogP contribution in [-0.4, -0.2) is 36.1 Å². The number of methoxy groups -OCH3 is 1. The number of carbonyl (C=O) groups excluding carboxylic acids is 1. The molecule has 5 nitrogen and oxygen atoms in total. The Hall–Kier alpha value is -1.49. The third-order valence-electron chi connectivity index (χ3n) is 3.61. The van der Waals surface area contributed by atoms with E-state index in [4.69, 9.17) is 4.74 Å². The molecule has 0 spiro atoms. The second kappa shape index (κ2) is 3.25. The molecule has 1 N–H and O–H groups in total. The van der Waals surface area contributed by atoms with E-state index in [1.165, 1.54) is 13.3 Å². The Morgan fingerprint density at radius 3 is 3.25 bits per heavy atom. The van der Waals surface area contributed by atoms with Crippen LogP contribution < -0.4 is 5.32 Å². The quantitative estimate of drug-likeness (QED) is 0.704. The molecule has 1 aromatic rings. The number of rotatable bonds is 2. The van der Waals surface area contributed by atoms with Crippen molar-refractivity contribution >= 4 is 5.97 Å². The van der Waals surface area contributed by atoms with E-state index in [2.05, 4.69) is 21.6 Å². The normalized spacial score (nSPS) is 30.9. The molecule has 2 fully saturated rings. The highest BCUT2D eigenvalue weighted by atomic mass is 16.5. The Labute approximate surface area is 93.2 Å². The van der Waals surface area contributed by atoms with Gasteiger partial charge in [-0.15, -0.1) is 0 Å². The number of carbonyl (C=O) groups is 1. The fourth-order valence-corrected chi connectivity index (χ4v) is 2.64. The zero-order valence-corrected chi connectivity index (χ0v) is 8.99. The number of esters is 1. The number of nitrogens with one attached hydrogen (secondary N) is 1. The van der Waals surface area contributed by atoms with Crippen LogP contribution in [0.15, 0.2) is 6.20 Å². The van der Waals surface area contributed by atoms with Crippen molar-refractivity contribution in [2.24, 2.45) is 5.92 Å². The maximum atomic E-state index is 11.6. The van der Waals surface area contributed by atoms with Crippen LogP contribution >= 0.6 is 0 Å². The lowest BCUT2D eigenvalue weighted by atomic mass is 9.97. The van der Waals surface area contributed by atoms with Gasteiger partial charge in [-0.2, -0.15) is 0 Å². The fraction of sp³-hybridized carbons (Fsp3) is 0.545. The zero-order valence-electron chi connectivity index (χ0n) is 8.99. The summed E-state index contributed by atoms with van der Waals surface area (Å²) in [4.78, 5) is 19.6. The molecule has 0 aromatic carbocycles. The van der Waals surface area contributed by atoms with E-state index >= 15 is 0 Å². The minimum atomic E-state index is -0.365. The van der Waals surface area contributed by atoms with E-state index in [0.29, 0.717) is 11.5 Å². The van der Waals surface area contributed by atoms with Crippen molar-refractivity contribution in [1.29, 1.82) is 0 Å². The van der Waals surface area contributed by atoms with E-state index in [1.54, 1.807) is 0 Å². The first-order valence-electron chi connectivity index (χ1n) is 5.30. The Bertz CT molecular complexity index is 449. The summed E-state index contributed by atoms with van der Waals surface area (Å²) in [6.45, 7) is 1.89. The molecular weight excluding hydrogens is 206 g/mol. The van der Waals surface area contributed by atoms with Gasteiger partial charge in [0.1, 0.15) is 5.56 Å². The summed E-state index contributed by atoms with van der Waals surface area (Å²) in [6, 6.07) is 0. The minimum Gasteiger partial charge on any atom is -0.465 e. The second-order valence-electron chi connectivity index (χ2n) is 4.41. The van der Waals surface area contributed by atoms with Crippen LogP contribution in [-0.2, 0) is 10.2 Å². The van der Waals surface area contributed by atoms with E-state index in [0.717, 1.165) is 25.2 Å². The van der Waals surface area contributed by atoms with Gasteiger partial charge in [0.15, 0.2) is 6.33 Å². The predicted octanol–water partition coefficient (Wildman–Crippen LogP) is -0.0757. The van der Waals surface area contributed by atoms with Gasteiger partial charge in [-0.05, 0) is 18.9 Å². The summed E-state index contributed by atoms with van der Waals surface area (Å²) >= 11 is 0. The lowest BCUT2D eigenvalue weighted by Gasteiger charge is -2.13. The van der Waals surface area contributed by atoms with Gasteiger partial charge in [-0.25, -0.2) is 14.8 Å². The summed E-state index contributed by atoms with van der Waals surface area (Å²) in [5.41, 5.74) is 1.31. The lowest BCUT2D eigenvalue weighted by molar-refractivity contribution is 0.0597. The Morgan fingerprint density at radius 2 is 2.62 bits per heavy atom. The van der Waals surface area contributed by atoms with Gasteiger partial charge >= 0.3 is 5.97 Å². The van der Waals surface area contributed by atoms with Gasteiger partial charge in [0.05, 0.1) is 12.8 Å². The van der Waals surface area contributed by atoms with Crippen molar-refractivity contribution in [2.45, 2.75) is 11.8 Å². The molecule has 3 rings (SSSR count). The molecule has 2 aliphatic rings. The number of piperidine rings is 1. The third kappa shape index (κ3) is 1.18. The predicted molar refractivity (Wildman–Crippen MR) is 54.9 cm³/mol. The molecule has 1 saturated carbocycles. The number of fused-ring (bicyclic) bond motifs is 1. The summed E-state index contributed by atoms with van der Waals surface area (Å²) in [5, 5.41) is 3.32. The lowest BCUT2D eigenvalue weighted by Crippen LogP contribution is -2.23. The standard InChI is InChI=1S/C11H12N3O2/c1-16-10(15)8-4-13-6-14-9(8)11-2-7(11)3-12-5-11/h4,7,12H,2-3,5H2,1H3. The van der Waals surface area contributed by atoms with Crippen LogP contribution in [0.25, 0.3) is 0 Å². The Kier molecular flexibility index (Phi) is 1.97. The van der Waals surface area contributed by atoms with Gasteiger partial charge < -0.3 is 10.1 Å². The molecule has 0 amide bonds. The third-order valence-corrected chi connectivity index (χ3v) is 3.61. The number of nitrogens with zero attached hydrogens (tertiary/aromatic N) is 2. The SMILES string of the molecule is COC(=O)c1cn[c]nc1C12CNCC1C2. The molecule has 1 aromatic heterocycles. The van der Waals surface area contributed by atoms with Crippen molar-refractivity contribution in [3.8, 4) is 0 Å². The molecule has 16 heavy (non-hydrogen) atoms. The molecule has 2 atom stereocenters. The Balaban J connectivity index is 2.04. The van der Waals surface area contributed by atoms with Gasteiger partial charge in [0.2, 0.25) is 0 Å². The monoisotopic (exact) mass is 218 g/mol. The van der Waals surface area contributed by atoms with Gasteiger partial charge in [0, 0.05) is 18.2 Å². The average Bonchev–Trinajstić information content (AvgIpc) is 2.91. The van der Waals surface area contributed by atoms with Crippen molar-refractivity contribution in [3.05, 3.63) is 23.8 Å². The van der Waals surface area contributed by atoms with Crippen LogP contribution in [0.5, 0.6) is 0 Å². The molecule has 1 aliphatic carbocycles. The molecular formula is C11H12N3O2. The average molecular weight is 218 g/mol. The number of aromatic nitrogens is 2. The first-order chi connectivity index (χ1) is 7.78. The number of hydrogen-bond donors (Lipinski definition) is 1. The van der Waals surface area contributed by atoms with Gasteiger partial charge in [0.25, 0.3) is 0 Å². The summed E-state index contributed by atoms with van der Waals surface area (Å²) in [5.74, 6) is 0.232. The first kappa shape index (κ1) is 9.72. The van der Waals surface area contributed by atoms with E-state index in [1.807, 2.05) is 0 Å². The highest BCUT2D eigenvalue weighted by Crippen LogP contribution is 2.56. The van der Waals surface area contributed by atoms with Crippen LogP contribution in [0.1, 0.15) is 22.5 Å². The van der Waals surface area contributed by atoms with Crippen LogP contribution in [0.2, 0.25) is 0 Å². The highest BCUT2D eigenvalue weighted by molar-refractivity contribution is 5.90. The maximum Gasteiger partial charge on any atom is 0.341 e. The summed E-state index contributed by atoms with van der Waals surface area (Å²) in [7, 11) is 1.37.